The molecule has 4 saturated heterocycles. The van der Waals surface area contributed by atoms with E-state index in [1.165, 1.54) is 6.20 Å². The highest BCUT2D eigenvalue weighted by molar-refractivity contribution is 5.98. The predicted octanol–water partition coefficient (Wildman–Crippen LogP) is 1.09. The molecule has 7 heterocycles. The number of carbonyl (C=O) groups is 5. The monoisotopic (exact) mass is 957 g/mol. The first kappa shape index (κ1) is 48.5. The number of carbonyl (C=O) groups excluding carboxylic acids is 5. The van der Waals surface area contributed by atoms with Gasteiger partial charge >= 0.3 is 0 Å². The highest BCUT2D eigenvalue weighted by Crippen LogP contribution is 2.25. The Morgan fingerprint density at radius 1 is 0.586 bits per heavy atom. The Kier molecular flexibility index (Phi) is 15.9. The molecule has 4 aliphatic heterocycles. The smallest absolute Gasteiger partial charge is 0.273 e. The first-order valence-corrected chi connectivity index (χ1v) is 23.0. The minimum atomic E-state index is -0.775. The number of primary amides is 2. The number of nitrogens with one attached hydrogen (secondary N) is 3. The topological polar surface area (TPSA) is 321 Å². The lowest BCUT2D eigenvalue weighted by molar-refractivity contribution is 0.0301. The summed E-state index contributed by atoms with van der Waals surface area (Å²) in [6, 6.07) is 17.2. The summed E-state index contributed by atoms with van der Waals surface area (Å²) in [5.41, 5.74) is 19.7. The average Bonchev–Trinajstić information content (AvgIpc) is 3.39. The maximum absolute atomic E-state index is 12.7. The quantitative estimate of drug-likeness (QED) is 0.102. The normalized spacial score (nSPS) is 18.2. The number of pyridine rings is 1. The number of aromatic nitrogens is 7. The molecule has 2 aromatic carbocycles. The van der Waals surface area contributed by atoms with Crippen LogP contribution >= 0.6 is 0 Å². The van der Waals surface area contributed by atoms with Gasteiger partial charge in [0.1, 0.15) is 0 Å². The zero-order valence-electron chi connectivity index (χ0n) is 38.4. The lowest BCUT2D eigenvalue weighted by Gasteiger charge is -2.33. The van der Waals surface area contributed by atoms with Crippen molar-refractivity contribution in [2.45, 2.75) is 37.8 Å². The zero-order chi connectivity index (χ0) is 49.0. The van der Waals surface area contributed by atoms with Crippen molar-refractivity contribution < 1.29 is 33.4 Å². The lowest BCUT2D eigenvalue weighted by atomic mass is 10.1. The zero-order valence-corrected chi connectivity index (χ0v) is 38.4. The first-order chi connectivity index (χ1) is 34.0. The van der Waals surface area contributed by atoms with Crippen molar-refractivity contribution >= 4 is 64.4 Å². The lowest BCUT2D eigenvalue weighted by Crippen LogP contribution is -2.48. The van der Waals surface area contributed by atoms with Gasteiger partial charge < -0.3 is 62.2 Å². The largest absolute Gasteiger partial charge is 0.378 e. The van der Waals surface area contributed by atoms with Crippen LogP contribution < -0.4 is 43.0 Å². The van der Waals surface area contributed by atoms with Gasteiger partial charge in [-0.3, -0.25) is 29.0 Å². The minimum absolute atomic E-state index is 0.0416. The maximum atomic E-state index is 12.7. The number of hydrogen-bond donors (Lipinski definition) is 6. The molecule has 2 atom stereocenters. The van der Waals surface area contributed by atoms with Crippen molar-refractivity contribution in [3.63, 3.8) is 0 Å². The Labute approximate surface area is 402 Å². The molecule has 4 fully saturated rings. The van der Waals surface area contributed by atoms with Crippen molar-refractivity contribution in [3.05, 3.63) is 101 Å². The fraction of sp³-hybridized carbons (Fsp3) is 0.391. The predicted molar refractivity (Wildman–Crippen MR) is 256 cm³/mol. The van der Waals surface area contributed by atoms with Gasteiger partial charge in [-0.05, 0) is 86.3 Å². The molecular formula is C46H55N17O7. The van der Waals surface area contributed by atoms with E-state index in [4.69, 9.17) is 26.7 Å². The fourth-order valence-electron chi connectivity index (χ4n) is 8.21. The molecule has 70 heavy (non-hydrogen) atoms. The van der Waals surface area contributed by atoms with Crippen molar-refractivity contribution in [3.8, 4) is 0 Å². The summed E-state index contributed by atoms with van der Waals surface area (Å²) in [5.74, 6) is -0.749. The van der Waals surface area contributed by atoms with Crippen LogP contribution in [-0.2, 0) is 9.47 Å². The van der Waals surface area contributed by atoms with Crippen molar-refractivity contribution in [1.29, 1.82) is 0 Å². The molecule has 366 valence electrons. The van der Waals surface area contributed by atoms with Gasteiger partial charge in [0.05, 0.1) is 32.0 Å². The standard InChI is InChI=1S/C26H29N9O4.C20H26N8O3/c27-22(36)21-23(29-19-7-5-17(6-8-19)25(38)34-11-13-39-14-12-34)31-26(33-32-21)35-10-2-4-20(16-35)30-24(37)18-3-1-9-28-15-18;21-14-2-1-7-28(12-14)20-24-18(16(17(22)29)25-26-20)23-15-5-3-13(4-6-15)19(30)27-8-10-31-11-9-27/h1,3,5-9,15,20H,2,4,10-14,16H2,(H2,27,36)(H,30,37)(H,29,31,33);3-6,14H,1-2,7-12,21H2,(H2,22,29)(H,23,24,26)/t20-;14-/m11/s1. The molecule has 3 aromatic heterocycles. The molecule has 0 unspecified atom stereocenters. The number of nitrogens with two attached hydrogens (primary N) is 3. The van der Waals surface area contributed by atoms with Crippen molar-refractivity contribution in [2.75, 3.05) is 99.2 Å². The molecule has 0 radical (unpaired) electrons. The van der Waals surface area contributed by atoms with Gasteiger partial charge in [-0.25, -0.2) is 0 Å². The SMILES string of the molecule is NC(=O)c1nnc(N2CCC[C@@H](N)C2)nc1Nc1ccc(C(=O)N2CCOCC2)cc1.NC(=O)c1nnc(N2CCC[C@@H](NC(=O)c3cccnc3)C2)nc1Nc1ccc(C(=O)N2CCOCC2)cc1. The Morgan fingerprint density at radius 3 is 1.53 bits per heavy atom. The second-order valence-corrected chi connectivity index (χ2v) is 16.9. The van der Waals surface area contributed by atoms with Gasteiger partial charge in [-0.1, -0.05) is 0 Å². The van der Waals surface area contributed by atoms with E-state index in [1.807, 2.05) is 9.80 Å². The van der Waals surface area contributed by atoms with Crippen LogP contribution in [0.15, 0.2) is 73.1 Å². The van der Waals surface area contributed by atoms with Gasteiger partial charge in [0.25, 0.3) is 29.5 Å². The van der Waals surface area contributed by atoms with Gasteiger partial charge in [0, 0.05) is 99.3 Å². The Balaban J connectivity index is 0.000000193. The second-order valence-electron chi connectivity index (χ2n) is 16.9. The van der Waals surface area contributed by atoms with Crippen LogP contribution in [0.2, 0.25) is 0 Å². The summed E-state index contributed by atoms with van der Waals surface area (Å²) < 4.78 is 10.6. The minimum Gasteiger partial charge on any atom is -0.378 e. The van der Waals surface area contributed by atoms with E-state index in [9.17, 15) is 24.0 Å². The summed E-state index contributed by atoms with van der Waals surface area (Å²) in [4.78, 5) is 82.2. The number of ether oxygens (including phenoxy) is 2. The van der Waals surface area contributed by atoms with E-state index in [0.717, 1.165) is 32.2 Å². The molecule has 0 bridgehead atoms. The Hall–Kier alpha value is -7.96. The summed E-state index contributed by atoms with van der Waals surface area (Å²) in [6.07, 6.45) is 6.63. The first-order valence-electron chi connectivity index (χ1n) is 23.0. The van der Waals surface area contributed by atoms with Crippen LogP contribution in [-0.4, -0.2) is 166 Å². The Morgan fingerprint density at radius 2 is 1.07 bits per heavy atom. The number of amides is 5. The molecular weight excluding hydrogens is 903 g/mol. The molecule has 0 aliphatic carbocycles. The average molecular weight is 958 g/mol. The molecule has 4 aliphatic rings. The van der Waals surface area contributed by atoms with Crippen LogP contribution in [0.4, 0.5) is 34.9 Å². The molecule has 24 heteroatoms. The number of rotatable bonds is 12. The number of benzene rings is 2. The maximum Gasteiger partial charge on any atom is 0.273 e. The second kappa shape index (κ2) is 22.9. The van der Waals surface area contributed by atoms with E-state index in [0.29, 0.717) is 112 Å². The summed E-state index contributed by atoms with van der Waals surface area (Å²) in [7, 11) is 0. The molecule has 24 nitrogen and oxygen atoms in total. The van der Waals surface area contributed by atoms with E-state index in [-0.39, 0.29) is 52.8 Å². The van der Waals surface area contributed by atoms with E-state index < -0.39 is 11.8 Å². The van der Waals surface area contributed by atoms with Gasteiger partial charge in [-0.2, -0.15) is 9.97 Å². The van der Waals surface area contributed by atoms with Crippen molar-refractivity contribution in [2.24, 2.45) is 17.2 Å². The van der Waals surface area contributed by atoms with Gasteiger partial charge in [0.15, 0.2) is 23.0 Å². The van der Waals surface area contributed by atoms with E-state index in [1.54, 1.807) is 76.7 Å². The molecule has 9 N–H and O–H groups in total. The summed E-state index contributed by atoms with van der Waals surface area (Å²) in [6.45, 7) is 6.94. The summed E-state index contributed by atoms with van der Waals surface area (Å²) >= 11 is 0. The molecule has 0 saturated carbocycles. The number of hydrogen-bond acceptors (Lipinski definition) is 19. The van der Waals surface area contributed by atoms with E-state index in [2.05, 4.69) is 51.3 Å². The number of piperidine rings is 2. The number of anilines is 6. The third-order valence-corrected chi connectivity index (χ3v) is 11.9. The third-order valence-electron chi connectivity index (χ3n) is 11.9. The molecule has 5 amide bonds. The van der Waals surface area contributed by atoms with Gasteiger partial charge in [-0.15, -0.1) is 20.4 Å². The molecule has 0 spiro atoms. The van der Waals surface area contributed by atoms with Crippen LogP contribution in [0.3, 0.4) is 0 Å². The Bertz CT molecular complexity index is 2630. The molecule has 5 aromatic rings. The highest BCUT2D eigenvalue weighted by Gasteiger charge is 2.27. The highest BCUT2D eigenvalue weighted by atomic mass is 16.5. The fourth-order valence-corrected chi connectivity index (χ4v) is 8.21. The van der Waals surface area contributed by atoms with Crippen LogP contribution in [0, 0.1) is 0 Å². The van der Waals surface area contributed by atoms with E-state index >= 15 is 0 Å². The van der Waals surface area contributed by atoms with Gasteiger partial charge in [0.2, 0.25) is 11.9 Å². The van der Waals surface area contributed by atoms with Crippen LogP contribution in [0.25, 0.3) is 0 Å². The van der Waals surface area contributed by atoms with Crippen LogP contribution in [0.1, 0.15) is 77.7 Å². The summed E-state index contributed by atoms with van der Waals surface area (Å²) in [5, 5.41) is 25.4. The van der Waals surface area contributed by atoms with Crippen molar-refractivity contribution in [1.82, 2.24) is 50.5 Å². The number of nitrogens with zero attached hydrogens (tertiary/aromatic N) is 11. The molecule has 9 rings (SSSR count). The van der Waals surface area contributed by atoms with Crippen LogP contribution in [0.5, 0.6) is 0 Å². The number of morpholine rings is 2. The third kappa shape index (κ3) is 12.4.